The molecule has 0 amide bonds. The number of hydrogen-bond donors (Lipinski definition) is 2. The summed E-state index contributed by atoms with van der Waals surface area (Å²) in [4.78, 5) is 15.6. The van der Waals surface area contributed by atoms with Crippen LogP contribution in [0.4, 0.5) is 0 Å². The molecule has 2 N–H and O–H groups in total. The summed E-state index contributed by atoms with van der Waals surface area (Å²) in [5.41, 5.74) is 1.03. The van der Waals surface area contributed by atoms with Gasteiger partial charge in [-0.1, -0.05) is 12.1 Å². The summed E-state index contributed by atoms with van der Waals surface area (Å²) < 4.78 is 16.7. The van der Waals surface area contributed by atoms with Crippen LogP contribution in [0.5, 0.6) is 11.5 Å². The molecular formula is C21H33N3O4. The van der Waals surface area contributed by atoms with Gasteiger partial charge in [0.2, 0.25) is 0 Å². The van der Waals surface area contributed by atoms with Crippen molar-refractivity contribution >= 4 is 11.9 Å². The van der Waals surface area contributed by atoms with E-state index in [1.807, 2.05) is 25.1 Å². The van der Waals surface area contributed by atoms with Crippen LogP contribution in [-0.2, 0) is 16.1 Å². The van der Waals surface area contributed by atoms with Crippen LogP contribution >= 0.6 is 0 Å². The number of aliphatic imine (C=N–C) groups is 1. The van der Waals surface area contributed by atoms with Crippen LogP contribution in [0, 0.1) is 0 Å². The van der Waals surface area contributed by atoms with Crippen LogP contribution < -0.4 is 20.1 Å². The van der Waals surface area contributed by atoms with E-state index in [0.29, 0.717) is 38.5 Å². The van der Waals surface area contributed by atoms with E-state index in [2.05, 4.69) is 15.6 Å². The Balaban J connectivity index is 1.88. The van der Waals surface area contributed by atoms with Gasteiger partial charge in [-0.15, -0.1) is 0 Å². The third-order valence-corrected chi connectivity index (χ3v) is 4.69. The molecule has 1 saturated carbocycles. The van der Waals surface area contributed by atoms with Crippen molar-refractivity contribution in [3.05, 3.63) is 23.8 Å². The summed E-state index contributed by atoms with van der Waals surface area (Å²) in [7, 11) is 3.39. The van der Waals surface area contributed by atoms with Gasteiger partial charge in [0.25, 0.3) is 0 Å². The number of para-hydroxylation sites is 1. The molecule has 0 saturated heterocycles. The maximum absolute atomic E-state index is 11.4. The highest BCUT2D eigenvalue weighted by atomic mass is 16.5. The molecule has 1 aliphatic carbocycles. The highest BCUT2D eigenvalue weighted by Gasteiger charge is 2.20. The van der Waals surface area contributed by atoms with Gasteiger partial charge in [-0.3, -0.25) is 9.79 Å². The van der Waals surface area contributed by atoms with Crippen LogP contribution in [0.3, 0.4) is 0 Å². The van der Waals surface area contributed by atoms with E-state index < -0.39 is 0 Å². The zero-order chi connectivity index (χ0) is 20.2. The molecule has 7 heteroatoms. The number of methoxy groups -OCH3 is 1. The lowest BCUT2D eigenvalue weighted by atomic mass is 10.1. The first kappa shape index (κ1) is 21.9. The van der Waals surface area contributed by atoms with Gasteiger partial charge in [0.05, 0.1) is 19.8 Å². The van der Waals surface area contributed by atoms with E-state index >= 15 is 0 Å². The van der Waals surface area contributed by atoms with Crippen LogP contribution in [0.2, 0.25) is 0 Å². The SMILES string of the molecule is CCOC(=O)CCCNC(=NC)NCc1cccc(OC)c1OC1CCCC1. The Morgan fingerprint density at radius 1 is 1.25 bits per heavy atom. The minimum atomic E-state index is -0.169. The molecule has 0 atom stereocenters. The van der Waals surface area contributed by atoms with Crippen molar-refractivity contribution in [3.8, 4) is 11.5 Å². The predicted molar refractivity (Wildman–Crippen MR) is 110 cm³/mol. The van der Waals surface area contributed by atoms with E-state index in [0.717, 1.165) is 29.9 Å². The fraction of sp³-hybridized carbons (Fsp3) is 0.619. The number of guanidine groups is 1. The van der Waals surface area contributed by atoms with Gasteiger partial charge in [0.15, 0.2) is 17.5 Å². The highest BCUT2D eigenvalue weighted by Crippen LogP contribution is 2.34. The molecule has 1 fully saturated rings. The molecule has 0 bridgehead atoms. The van der Waals surface area contributed by atoms with E-state index in [9.17, 15) is 4.79 Å². The topological polar surface area (TPSA) is 81.2 Å². The van der Waals surface area contributed by atoms with E-state index in [4.69, 9.17) is 14.2 Å². The Labute approximate surface area is 167 Å². The summed E-state index contributed by atoms with van der Waals surface area (Å²) in [6.07, 6.45) is 5.96. The normalized spacial score (nSPS) is 14.6. The average Bonchev–Trinajstić information content (AvgIpc) is 3.21. The third kappa shape index (κ3) is 6.94. The van der Waals surface area contributed by atoms with Crippen LogP contribution in [0.25, 0.3) is 0 Å². The minimum Gasteiger partial charge on any atom is -0.493 e. The molecule has 28 heavy (non-hydrogen) atoms. The Bertz CT molecular complexity index is 643. The summed E-state index contributed by atoms with van der Waals surface area (Å²) in [6.45, 7) is 3.44. The summed E-state index contributed by atoms with van der Waals surface area (Å²) in [5, 5.41) is 6.52. The summed E-state index contributed by atoms with van der Waals surface area (Å²) in [6, 6.07) is 5.93. The number of esters is 1. The first-order chi connectivity index (χ1) is 13.7. The monoisotopic (exact) mass is 391 g/mol. The Morgan fingerprint density at radius 3 is 2.71 bits per heavy atom. The first-order valence-electron chi connectivity index (χ1n) is 10.1. The summed E-state index contributed by atoms with van der Waals surface area (Å²) in [5.74, 6) is 2.07. The lowest BCUT2D eigenvalue weighted by Gasteiger charge is -2.20. The molecule has 1 aromatic rings. The van der Waals surface area contributed by atoms with Gasteiger partial charge in [-0.25, -0.2) is 0 Å². The fourth-order valence-corrected chi connectivity index (χ4v) is 3.24. The largest absolute Gasteiger partial charge is 0.493 e. The van der Waals surface area contributed by atoms with Gasteiger partial charge >= 0.3 is 5.97 Å². The molecule has 0 heterocycles. The molecule has 0 aromatic heterocycles. The third-order valence-electron chi connectivity index (χ3n) is 4.69. The molecule has 7 nitrogen and oxygen atoms in total. The maximum Gasteiger partial charge on any atom is 0.305 e. The maximum atomic E-state index is 11.4. The number of rotatable bonds is 10. The van der Waals surface area contributed by atoms with E-state index in [1.165, 1.54) is 12.8 Å². The number of carbonyl (C=O) groups excluding carboxylic acids is 1. The minimum absolute atomic E-state index is 0.169. The van der Waals surface area contributed by atoms with Crippen LogP contribution in [0.15, 0.2) is 23.2 Å². The molecule has 1 aromatic carbocycles. The molecule has 0 unspecified atom stereocenters. The Kier molecular flexibility index (Phi) is 9.45. The van der Waals surface area contributed by atoms with Gasteiger partial charge in [-0.2, -0.15) is 0 Å². The van der Waals surface area contributed by atoms with Crippen LogP contribution in [0.1, 0.15) is 51.0 Å². The second-order valence-electron chi connectivity index (χ2n) is 6.73. The molecule has 0 aliphatic heterocycles. The van der Waals surface area contributed by atoms with Crippen molar-refractivity contribution in [2.45, 2.75) is 58.1 Å². The molecule has 156 valence electrons. The average molecular weight is 392 g/mol. The number of nitrogens with zero attached hydrogens (tertiary/aromatic N) is 1. The lowest BCUT2D eigenvalue weighted by Crippen LogP contribution is -2.37. The van der Waals surface area contributed by atoms with Crippen molar-refractivity contribution in [2.24, 2.45) is 4.99 Å². The number of nitrogens with one attached hydrogen (secondary N) is 2. The quantitative estimate of drug-likeness (QED) is 0.276. The van der Waals surface area contributed by atoms with Crippen molar-refractivity contribution in [1.82, 2.24) is 10.6 Å². The highest BCUT2D eigenvalue weighted by molar-refractivity contribution is 5.79. The van der Waals surface area contributed by atoms with Crippen molar-refractivity contribution in [1.29, 1.82) is 0 Å². The predicted octanol–water partition coefficient (Wildman–Crippen LogP) is 3.02. The van der Waals surface area contributed by atoms with Crippen molar-refractivity contribution in [2.75, 3.05) is 27.3 Å². The van der Waals surface area contributed by atoms with E-state index in [-0.39, 0.29) is 12.1 Å². The number of benzene rings is 1. The summed E-state index contributed by atoms with van der Waals surface area (Å²) >= 11 is 0. The fourth-order valence-electron chi connectivity index (χ4n) is 3.24. The zero-order valence-electron chi connectivity index (χ0n) is 17.3. The van der Waals surface area contributed by atoms with Gasteiger partial charge < -0.3 is 24.8 Å². The van der Waals surface area contributed by atoms with Gasteiger partial charge in [0.1, 0.15) is 0 Å². The Hall–Kier alpha value is -2.44. The van der Waals surface area contributed by atoms with Gasteiger partial charge in [0, 0.05) is 32.1 Å². The van der Waals surface area contributed by atoms with Crippen molar-refractivity contribution in [3.63, 3.8) is 0 Å². The first-order valence-corrected chi connectivity index (χ1v) is 10.1. The number of ether oxygens (including phenoxy) is 3. The standard InChI is InChI=1S/C21H33N3O4/c1-4-27-19(25)13-8-14-23-21(22-2)24-15-16-9-7-12-18(26-3)20(16)28-17-10-5-6-11-17/h7,9,12,17H,4-6,8,10-11,13-15H2,1-3H3,(H2,22,23,24). The second-order valence-corrected chi connectivity index (χ2v) is 6.73. The second kappa shape index (κ2) is 12.1. The number of carbonyl (C=O) groups is 1. The molecular weight excluding hydrogens is 358 g/mol. The van der Waals surface area contributed by atoms with Crippen molar-refractivity contribution < 1.29 is 19.0 Å². The molecule has 2 rings (SSSR count). The van der Waals surface area contributed by atoms with Gasteiger partial charge in [-0.05, 0) is 45.1 Å². The number of hydrogen-bond acceptors (Lipinski definition) is 5. The molecule has 0 radical (unpaired) electrons. The van der Waals surface area contributed by atoms with Crippen LogP contribution in [-0.4, -0.2) is 45.3 Å². The van der Waals surface area contributed by atoms with E-state index in [1.54, 1.807) is 14.2 Å². The molecule has 1 aliphatic rings. The molecule has 0 spiro atoms. The Morgan fingerprint density at radius 2 is 2.04 bits per heavy atom. The smallest absolute Gasteiger partial charge is 0.305 e. The lowest BCUT2D eigenvalue weighted by molar-refractivity contribution is -0.143. The zero-order valence-corrected chi connectivity index (χ0v) is 17.3.